The molecule has 0 saturated carbocycles. The lowest BCUT2D eigenvalue weighted by molar-refractivity contribution is 0.458. The molecule has 0 heterocycles. The summed E-state index contributed by atoms with van der Waals surface area (Å²) in [5.74, 6) is 0. The van der Waals surface area contributed by atoms with Crippen molar-refractivity contribution in [3.05, 3.63) is 35.9 Å². The van der Waals surface area contributed by atoms with Gasteiger partial charge in [-0.1, -0.05) is 30.3 Å². The third-order valence-electron chi connectivity index (χ3n) is 1.63. The molecule has 0 aromatic heterocycles. The van der Waals surface area contributed by atoms with Gasteiger partial charge in [0.25, 0.3) is 0 Å². The van der Waals surface area contributed by atoms with E-state index in [1.807, 2.05) is 6.07 Å². The van der Waals surface area contributed by atoms with Crippen LogP contribution in [0.5, 0.6) is 0 Å². The van der Waals surface area contributed by atoms with Crippen LogP contribution in [0.4, 0.5) is 0 Å². The molecule has 0 aliphatic rings. The van der Waals surface area contributed by atoms with E-state index in [9.17, 15) is 8.42 Å². The zero-order valence-electron chi connectivity index (χ0n) is 7.14. The van der Waals surface area contributed by atoms with E-state index in [1.54, 1.807) is 31.2 Å². The summed E-state index contributed by atoms with van der Waals surface area (Å²) >= 11 is 0. The molecule has 0 radical (unpaired) electrons. The first-order chi connectivity index (χ1) is 5.99. The van der Waals surface area contributed by atoms with Crippen LogP contribution in [-0.2, 0) is 10.3 Å². The minimum atomic E-state index is -4.12. The molecule has 0 aliphatic carbocycles. The lowest BCUT2D eigenvalue weighted by atomic mass is 10.1. The van der Waals surface area contributed by atoms with Crippen molar-refractivity contribution in [1.29, 1.82) is 0 Å². The summed E-state index contributed by atoms with van der Waals surface area (Å²) in [7, 11) is -4.12. The van der Waals surface area contributed by atoms with E-state index in [0.29, 0.717) is 0 Å². The fourth-order valence-electron chi connectivity index (χ4n) is 1.03. The summed E-state index contributed by atoms with van der Waals surface area (Å²) in [4.78, 5) is 0. The molecule has 2 N–H and O–H groups in total. The lowest BCUT2D eigenvalue weighted by Gasteiger charge is -2.10. The number of rotatable bonds is 3. The Morgan fingerprint density at radius 1 is 1.31 bits per heavy atom. The second kappa shape index (κ2) is 3.87. The van der Waals surface area contributed by atoms with Crippen molar-refractivity contribution in [1.82, 2.24) is 4.72 Å². The molecule has 13 heavy (non-hydrogen) atoms. The maximum absolute atomic E-state index is 10.5. The second-order valence-electron chi connectivity index (χ2n) is 2.73. The SMILES string of the molecule is C[C@H](NS(=O)(=O)O)c1ccccc1. The highest BCUT2D eigenvalue weighted by Crippen LogP contribution is 2.11. The molecule has 0 spiro atoms. The maximum Gasteiger partial charge on any atom is 0.333 e. The van der Waals surface area contributed by atoms with Crippen molar-refractivity contribution in [2.45, 2.75) is 13.0 Å². The first-order valence-electron chi connectivity index (χ1n) is 3.79. The fourth-order valence-corrected chi connectivity index (χ4v) is 1.62. The Labute approximate surface area is 77.5 Å². The van der Waals surface area contributed by atoms with E-state index in [4.69, 9.17) is 4.55 Å². The number of benzene rings is 1. The van der Waals surface area contributed by atoms with Gasteiger partial charge >= 0.3 is 10.3 Å². The average Bonchev–Trinajstić information content (AvgIpc) is 2.03. The number of hydrogen-bond acceptors (Lipinski definition) is 2. The Balaban J connectivity index is 2.76. The Bertz CT molecular complexity index is 360. The topological polar surface area (TPSA) is 66.4 Å². The minimum Gasteiger partial charge on any atom is -0.273 e. The third-order valence-corrected chi connectivity index (χ3v) is 2.28. The summed E-state index contributed by atoms with van der Waals surface area (Å²) in [6.45, 7) is 1.66. The quantitative estimate of drug-likeness (QED) is 0.721. The highest BCUT2D eigenvalue weighted by Gasteiger charge is 2.10. The van der Waals surface area contributed by atoms with E-state index in [0.717, 1.165) is 5.56 Å². The van der Waals surface area contributed by atoms with E-state index in [2.05, 4.69) is 4.72 Å². The van der Waals surface area contributed by atoms with Crippen molar-refractivity contribution in [2.75, 3.05) is 0 Å². The highest BCUT2D eigenvalue weighted by atomic mass is 32.2. The molecule has 0 bridgehead atoms. The van der Waals surface area contributed by atoms with Gasteiger partial charge in [-0.25, -0.2) is 0 Å². The predicted octanol–water partition coefficient (Wildman–Crippen LogP) is 1.14. The molecule has 0 unspecified atom stereocenters. The zero-order chi connectivity index (χ0) is 9.90. The molecule has 0 fully saturated rings. The van der Waals surface area contributed by atoms with Crippen LogP contribution in [0.15, 0.2) is 30.3 Å². The van der Waals surface area contributed by atoms with Crippen LogP contribution in [-0.4, -0.2) is 13.0 Å². The van der Waals surface area contributed by atoms with Gasteiger partial charge in [0.05, 0.1) is 0 Å². The molecule has 0 aliphatic heterocycles. The summed E-state index contributed by atoms with van der Waals surface area (Å²) in [6, 6.07) is 8.58. The van der Waals surface area contributed by atoms with Crippen LogP contribution in [0.1, 0.15) is 18.5 Å². The van der Waals surface area contributed by atoms with E-state index >= 15 is 0 Å². The molecule has 72 valence electrons. The molecule has 0 saturated heterocycles. The van der Waals surface area contributed by atoms with Gasteiger partial charge in [-0.05, 0) is 12.5 Å². The van der Waals surface area contributed by atoms with Crippen LogP contribution >= 0.6 is 0 Å². The van der Waals surface area contributed by atoms with Gasteiger partial charge < -0.3 is 0 Å². The minimum absolute atomic E-state index is 0.420. The van der Waals surface area contributed by atoms with Crippen LogP contribution in [0.25, 0.3) is 0 Å². The largest absolute Gasteiger partial charge is 0.333 e. The predicted molar refractivity (Wildman–Crippen MR) is 49.5 cm³/mol. The Morgan fingerprint density at radius 3 is 2.31 bits per heavy atom. The van der Waals surface area contributed by atoms with Gasteiger partial charge in [-0.2, -0.15) is 13.1 Å². The van der Waals surface area contributed by atoms with Crippen molar-refractivity contribution >= 4 is 10.3 Å². The van der Waals surface area contributed by atoms with Gasteiger partial charge in [0, 0.05) is 6.04 Å². The molecule has 1 atom stereocenters. The van der Waals surface area contributed by atoms with Crippen LogP contribution in [0.2, 0.25) is 0 Å². The third kappa shape index (κ3) is 3.54. The van der Waals surface area contributed by atoms with Crippen LogP contribution < -0.4 is 4.72 Å². The van der Waals surface area contributed by atoms with Gasteiger partial charge in [0.15, 0.2) is 0 Å². The molecule has 1 aromatic rings. The zero-order valence-corrected chi connectivity index (χ0v) is 7.95. The molecular weight excluding hydrogens is 190 g/mol. The first-order valence-corrected chi connectivity index (χ1v) is 5.23. The summed E-state index contributed by atoms with van der Waals surface area (Å²) in [5.41, 5.74) is 0.806. The first kappa shape index (κ1) is 10.2. The lowest BCUT2D eigenvalue weighted by Crippen LogP contribution is -2.25. The molecule has 4 nitrogen and oxygen atoms in total. The molecular formula is C8H11NO3S. The second-order valence-corrected chi connectivity index (χ2v) is 3.91. The summed E-state index contributed by atoms with van der Waals surface area (Å²) in [5, 5.41) is 0. The average molecular weight is 201 g/mol. The summed E-state index contributed by atoms with van der Waals surface area (Å²) in [6.07, 6.45) is 0. The van der Waals surface area contributed by atoms with E-state index < -0.39 is 16.3 Å². The summed E-state index contributed by atoms with van der Waals surface area (Å²) < 4.78 is 31.5. The van der Waals surface area contributed by atoms with Gasteiger partial charge in [0.1, 0.15) is 0 Å². The Morgan fingerprint density at radius 2 is 1.85 bits per heavy atom. The van der Waals surface area contributed by atoms with Gasteiger partial charge in [0.2, 0.25) is 0 Å². The van der Waals surface area contributed by atoms with Crippen molar-refractivity contribution < 1.29 is 13.0 Å². The van der Waals surface area contributed by atoms with Crippen LogP contribution in [0, 0.1) is 0 Å². The number of hydrogen-bond donors (Lipinski definition) is 2. The van der Waals surface area contributed by atoms with Crippen molar-refractivity contribution in [3.8, 4) is 0 Å². The van der Waals surface area contributed by atoms with Gasteiger partial charge in [-0.15, -0.1) is 0 Å². The molecule has 1 rings (SSSR count). The van der Waals surface area contributed by atoms with Crippen molar-refractivity contribution in [3.63, 3.8) is 0 Å². The maximum atomic E-state index is 10.5. The number of nitrogens with one attached hydrogen (secondary N) is 1. The monoisotopic (exact) mass is 201 g/mol. The van der Waals surface area contributed by atoms with Crippen LogP contribution in [0.3, 0.4) is 0 Å². The molecule has 5 heteroatoms. The van der Waals surface area contributed by atoms with E-state index in [1.165, 1.54) is 0 Å². The molecule has 0 amide bonds. The Kier molecular flexibility index (Phi) is 3.02. The van der Waals surface area contributed by atoms with E-state index in [-0.39, 0.29) is 0 Å². The standard InChI is InChI=1S/C8H11NO3S/c1-7(9-13(10,11)12)8-5-3-2-4-6-8/h2-7,9H,1H3,(H,10,11,12)/t7-/m0/s1. The molecule has 1 aromatic carbocycles. The highest BCUT2D eigenvalue weighted by molar-refractivity contribution is 7.83. The smallest absolute Gasteiger partial charge is 0.273 e. The normalized spacial score (nSPS) is 14.0. The van der Waals surface area contributed by atoms with Gasteiger partial charge in [-0.3, -0.25) is 4.55 Å². The van der Waals surface area contributed by atoms with Crippen molar-refractivity contribution in [2.24, 2.45) is 0 Å². The fraction of sp³-hybridized carbons (Fsp3) is 0.250. The Hall–Kier alpha value is -0.910.